The van der Waals surface area contributed by atoms with E-state index in [0.717, 1.165) is 16.8 Å². The van der Waals surface area contributed by atoms with Gasteiger partial charge >= 0.3 is 5.97 Å². The van der Waals surface area contributed by atoms with E-state index < -0.39 is 5.97 Å². The molecule has 156 valence electrons. The molecule has 0 amide bonds. The average molecular weight is 451 g/mol. The lowest BCUT2D eigenvalue weighted by atomic mass is 9.95. The molecule has 2 aromatic heterocycles. The van der Waals surface area contributed by atoms with E-state index in [1.165, 1.54) is 11.3 Å². The van der Waals surface area contributed by atoms with Crippen molar-refractivity contribution in [2.45, 2.75) is 12.8 Å². The summed E-state index contributed by atoms with van der Waals surface area (Å²) in [5.41, 5.74) is 3.99. The molecule has 4 aromatic rings. The van der Waals surface area contributed by atoms with Crippen molar-refractivity contribution in [3.63, 3.8) is 0 Å². The molecule has 0 fully saturated rings. The largest absolute Gasteiger partial charge is 0.462 e. The van der Waals surface area contributed by atoms with E-state index in [1.807, 2.05) is 66.0 Å². The molecule has 0 aliphatic carbocycles. The maximum atomic E-state index is 13.1. The smallest absolute Gasteiger partial charge is 0.342 e. The quantitative estimate of drug-likeness (QED) is 0.278. The van der Waals surface area contributed by atoms with Crippen LogP contribution in [0.15, 0.2) is 66.0 Å². The zero-order valence-corrected chi connectivity index (χ0v) is 18.3. The van der Waals surface area contributed by atoms with Gasteiger partial charge in [0, 0.05) is 16.5 Å². The minimum absolute atomic E-state index is 0.239. The number of anilines is 2. The number of benzene rings is 2. The fourth-order valence-corrected chi connectivity index (χ4v) is 4.07. The van der Waals surface area contributed by atoms with E-state index in [2.05, 4.69) is 20.5 Å². The molecule has 0 saturated carbocycles. The predicted octanol–water partition coefficient (Wildman–Crippen LogP) is 5.93. The van der Waals surface area contributed by atoms with Gasteiger partial charge in [0.15, 0.2) is 10.9 Å². The second-order valence-corrected chi connectivity index (χ2v) is 7.63. The van der Waals surface area contributed by atoms with Gasteiger partial charge in [0.05, 0.1) is 18.2 Å². The van der Waals surface area contributed by atoms with E-state index in [4.69, 9.17) is 16.3 Å². The highest BCUT2D eigenvalue weighted by atomic mass is 35.5. The number of hydrogen-bond donors (Lipinski definition) is 1. The second-order valence-electron chi connectivity index (χ2n) is 6.50. The number of halogens is 1. The number of carbonyl (C=O) groups is 1. The lowest BCUT2D eigenvalue weighted by molar-refractivity contribution is 0.0528. The summed E-state index contributed by atoms with van der Waals surface area (Å²) >= 11 is 7.25. The van der Waals surface area contributed by atoms with Crippen LogP contribution in [0, 0.1) is 0 Å². The van der Waals surface area contributed by atoms with Crippen LogP contribution >= 0.6 is 22.9 Å². The Morgan fingerprint density at radius 2 is 1.71 bits per heavy atom. The molecule has 4 rings (SSSR count). The molecule has 0 saturated heterocycles. The number of hydrogen-bond acceptors (Lipinski definition) is 7. The molecule has 2 aromatic carbocycles. The molecule has 0 atom stereocenters. The lowest BCUT2D eigenvalue weighted by Crippen LogP contribution is -2.13. The molecule has 8 heteroatoms. The molecule has 0 aliphatic heterocycles. The summed E-state index contributed by atoms with van der Waals surface area (Å²) in [6.45, 7) is 2.01. The van der Waals surface area contributed by atoms with Crippen molar-refractivity contribution in [2.24, 2.45) is 0 Å². The van der Waals surface area contributed by atoms with Crippen molar-refractivity contribution in [1.82, 2.24) is 15.2 Å². The minimum Gasteiger partial charge on any atom is -0.462 e. The molecule has 0 unspecified atom stereocenters. The fourth-order valence-electron chi connectivity index (χ4n) is 3.14. The summed E-state index contributed by atoms with van der Waals surface area (Å²) in [4.78, 5) is 17.5. The van der Waals surface area contributed by atoms with Crippen molar-refractivity contribution >= 4 is 39.9 Å². The first-order valence-corrected chi connectivity index (χ1v) is 11.1. The molecular weight excluding hydrogens is 432 g/mol. The summed E-state index contributed by atoms with van der Waals surface area (Å²) in [6.07, 6.45) is 0. The molecule has 0 spiro atoms. The monoisotopic (exact) mass is 450 g/mol. The number of thiazole rings is 1. The van der Waals surface area contributed by atoms with Gasteiger partial charge < -0.3 is 10.1 Å². The van der Waals surface area contributed by atoms with Crippen LogP contribution in [0.3, 0.4) is 0 Å². The Morgan fingerprint density at radius 1 is 1.03 bits per heavy atom. The van der Waals surface area contributed by atoms with Crippen LogP contribution in [0.2, 0.25) is 0 Å². The summed E-state index contributed by atoms with van der Waals surface area (Å²) in [5.74, 6) is 0.106. The van der Waals surface area contributed by atoms with Gasteiger partial charge in [-0.15, -0.1) is 33.1 Å². The molecule has 0 aliphatic rings. The van der Waals surface area contributed by atoms with Gasteiger partial charge in [0.2, 0.25) is 0 Å². The van der Waals surface area contributed by atoms with E-state index in [0.29, 0.717) is 27.8 Å². The van der Waals surface area contributed by atoms with Crippen molar-refractivity contribution < 1.29 is 9.53 Å². The first-order chi connectivity index (χ1) is 15.2. The maximum absolute atomic E-state index is 13.1. The Balaban J connectivity index is 1.95. The van der Waals surface area contributed by atoms with Crippen LogP contribution in [0.25, 0.3) is 22.4 Å². The van der Waals surface area contributed by atoms with Crippen molar-refractivity contribution in [3.8, 4) is 22.4 Å². The Kier molecular flexibility index (Phi) is 6.54. The Bertz CT molecular complexity index is 1180. The number of nitrogens with one attached hydrogen (secondary N) is 1. The standard InChI is InChI=1S/C23H19ClN4O2S/c1-2-30-22(29)19-18(15-9-5-3-6-10-15)20(16-11-7-4-8-12-16)27-28-21(19)26-23-25-17(13-24)14-31-23/h3-12,14H,2,13H2,1H3,(H,25,26,28). The SMILES string of the molecule is CCOC(=O)c1c(Nc2nc(CCl)cs2)nnc(-c2ccccc2)c1-c1ccccc1. The van der Waals surface area contributed by atoms with Crippen LogP contribution in [0.1, 0.15) is 23.0 Å². The summed E-state index contributed by atoms with van der Waals surface area (Å²) in [7, 11) is 0. The van der Waals surface area contributed by atoms with Gasteiger partial charge in [0.25, 0.3) is 0 Å². The van der Waals surface area contributed by atoms with Crippen molar-refractivity contribution in [1.29, 1.82) is 0 Å². The van der Waals surface area contributed by atoms with Gasteiger partial charge in [0.1, 0.15) is 11.3 Å². The van der Waals surface area contributed by atoms with Gasteiger partial charge in [-0.25, -0.2) is 9.78 Å². The highest BCUT2D eigenvalue weighted by Gasteiger charge is 2.26. The van der Waals surface area contributed by atoms with E-state index >= 15 is 0 Å². The number of nitrogens with zero attached hydrogens (tertiary/aromatic N) is 3. The first kappa shape index (κ1) is 21.0. The second kappa shape index (κ2) is 9.68. The zero-order valence-electron chi connectivity index (χ0n) is 16.7. The number of alkyl halides is 1. The molecule has 31 heavy (non-hydrogen) atoms. The average Bonchev–Trinajstić information content (AvgIpc) is 3.27. The number of aromatic nitrogens is 3. The normalized spacial score (nSPS) is 10.6. The maximum Gasteiger partial charge on any atom is 0.342 e. The van der Waals surface area contributed by atoms with Gasteiger partial charge in [-0.05, 0) is 12.5 Å². The molecule has 6 nitrogen and oxygen atoms in total. The van der Waals surface area contributed by atoms with Gasteiger partial charge in [-0.3, -0.25) is 0 Å². The number of esters is 1. The third-order valence-corrected chi connectivity index (χ3v) is 5.56. The van der Waals surface area contributed by atoms with E-state index in [9.17, 15) is 4.79 Å². The molecular formula is C23H19ClN4O2S. The fraction of sp³-hybridized carbons (Fsp3) is 0.130. The summed E-state index contributed by atoms with van der Waals surface area (Å²) < 4.78 is 5.40. The minimum atomic E-state index is -0.481. The first-order valence-electron chi connectivity index (χ1n) is 9.67. The summed E-state index contributed by atoms with van der Waals surface area (Å²) in [6, 6.07) is 19.3. The highest BCUT2D eigenvalue weighted by molar-refractivity contribution is 7.13. The van der Waals surface area contributed by atoms with Crippen LogP contribution in [-0.2, 0) is 10.6 Å². The van der Waals surface area contributed by atoms with Gasteiger partial charge in [-0.1, -0.05) is 60.7 Å². The predicted molar refractivity (Wildman–Crippen MR) is 124 cm³/mol. The number of carbonyl (C=O) groups excluding carboxylic acids is 1. The van der Waals surface area contributed by atoms with Crippen LogP contribution < -0.4 is 5.32 Å². The molecule has 2 heterocycles. The lowest BCUT2D eigenvalue weighted by Gasteiger charge is -2.16. The van der Waals surface area contributed by atoms with Crippen molar-refractivity contribution in [3.05, 3.63) is 77.3 Å². The molecule has 1 N–H and O–H groups in total. The Labute approximate surface area is 188 Å². The molecule has 0 bridgehead atoms. The topological polar surface area (TPSA) is 77.0 Å². The Hall–Kier alpha value is -3.29. The third-order valence-electron chi connectivity index (χ3n) is 4.48. The van der Waals surface area contributed by atoms with E-state index in [-0.39, 0.29) is 12.4 Å². The van der Waals surface area contributed by atoms with Crippen LogP contribution in [0.5, 0.6) is 0 Å². The number of ether oxygens (including phenoxy) is 1. The van der Waals surface area contributed by atoms with Crippen LogP contribution in [-0.4, -0.2) is 27.8 Å². The highest BCUT2D eigenvalue weighted by Crippen LogP contribution is 2.37. The number of rotatable bonds is 7. The zero-order chi connectivity index (χ0) is 21.6. The van der Waals surface area contributed by atoms with Gasteiger partial charge in [-0.2, -0.15) is 0 Å². The molecule has 0 radical (unpaired) electrons. The Morgan fingerprint density at radius 3 is 2.32 bits per heavy atom. The van der Waals surface area contributed by atoms with Crippen LogP contribution in [0.4, 0.5) is 10.9 Å². The van der Waals surface area contributed by atoms with Crippen molar-refractivity contribution in [2.75, 3.05) is 11.9 Å². The third kappa shape index (κ3) is 4.57. The summed E-state index contributed by atoms with van der Waals surface area (Å²) in [5, 5.41) is 14.4. The van der Waals surface area contributed by atoms with E-state index in [1.54, 1.807) is 6.92 Å².